The first-order valence-electron chi connectivity index (χ1n) is 4.94. The van der Waals surface area contributed by atoms with Crippen molar-refractivity contribution in [3.05, 3.63) is 35.8 Å². The summed E-state index contributed by atoms with van der Waals surface area (Å²) in [5.74, 6) is -0.251. The van der Waals surface area contributed by atoms with Crippen LogP contribution in [-0.2, 0) is 6.42 Å². The van der Waals surface area contributed by atoms with Crippen LogP contribution in [0.25, 0.3) is 10.9 Å². The van der Waals surface area contributed by atoms with Crippen molar-refractivity contribution in [2.24, 2.45) is 0 Å². The van der Waals surface area contributed by atoms with E-state index in [4.69, 9.17) is 0 Å². The summed E-state index contributed by atoms with van der Waals surface area (Å²) in [6, 6.07) is 6.56. The molecule has 0 aliphatic heterocycles. The van der Waals surface area contributed by atoms with Gasteiger partial charge >= 0.3 is 0 Å². The molecule has 0 saturated heterocycles. The molecule has 0 aliphatic rings. The largest absolute Gasteiger partial charge is 0.390 e. The van der Waals surface area contributed by atoms with Crippen molar-refractivity contribution in [3.63, 3.8) is 0 Å². The summed E-state index contributed by atoms with van der Waals surface area (Å²) < 4.78 is 12.9. The fourth-order valence-electron chi connectivity index (χ4n) is 1.72. The third-order valence-electron chi connectivity index (χ3n) is 2.26. The summed E-state index contributed by atoms with van der Waals surface area (Å²) in [5.41, 5.74) is 0.941. The number of rotatable bonds is 2. The third kappa shape index (κ3) is 2.36. The Morgan fingerprint density at radius 1 is 1.33 bits per heavy atom. The van der Waals surface area contributed by atoms with Crippen molar-refractivity contribution in [3.8, 4) is 0 Å². The molecular weight excluding hydrogens is 193 g/mol. The highest BCUT2D eigenvalue weighted by atomic mass is 19.1. The molecule has 3 heteroatoms. The number of halogens is 1. The standard InChI is InChI=1S/C12H14FNO/c1-12(2,15)7-10-5-8-3-4-9(13)6-11(8)14-10/h3-6,14-15H,7H2,1-2H3. The molecule has 1 heterocycles. The van der Waals surface area contributed by atoms with Crippen molar-refractivity contribution in [1.82, 2.24) is 4.98 Å². The van der Waals surface area contributed by atoms with Crippen LogP contribution >= 0.6 is 0 Å². The SMILES string of the molecule is CC(C)(O)Cc1cc2ccc(F)cc2[nH]1. The van der Waals surface area contributed by atoms with Gasteiger partial charge in [-0.25, -0.2) is 4.39 Å². The number of aliphatic hydroxyl groups is 1. The number of nitrogens with one attached hydrogen (secondary N) is 1. The molecule has 0 spiro atoms. The number of H-pyrrole nitrogens is 1. The molecule has 0 bridgehead atoms. The van der Waals surface area contributed by atoms with Gasteiger partial charge in [0.2, 0.25) is 0 Å². The zero-order chi connectivity index (χ0) is 11.1. The topological polar surface area (TPSA) is 36.0 Å². The molecule has 1 aromatic carbocycles. The van der Waals surface area contributed by atoms with Crippen LogP contribution in [0.4, 0.5) is 4.39 Å². The minimum atomic E-state index is -0.751. The highest BCUT2D eigenvalue weighted by Crippen LogP contribution is 2.19. The van der Waals surface area contributed by atoms with Gasteiger partial charge in [-0.05, 0) is 43.5 Å². The van der Waals surface area contributed by atoms with Gasteiger partial charge in [0.1, 0.15) is 5.82 Å². The molecule has 0 unspecified atom stereocenters. The molecule has 2 aromatic rings. The molecule has 0 radical (unpaired) electrons. The van der Waals surface area contributed by atoms with Crippen molar-refractivity contribution in [2.75, 3.05) is 0 Å². The molecule has 0 fully saturated rings. The van der Waals surface area contributed by atoms with Crippen molar-refractivity contribution < 1.29 is 9.50 Å². The Bertz CT molecular complexity index is 482. The highest BCUT2D eigenvalue weighted by Gasteiger charge is 2.14. The van der Waals surface area contributed by atoms with Crippen LogP contribution in [0.15, 0.2) is 24.3 Å². The first kappa shape index (κ1) is 10.2. The molecule has 2 nitrogen and oxygen atoms in total. The maximum Gasteiger partial charge on any atom is 0.125 e. The second-order valence-corrected chi connectivity index (χ2v) is 4.52. The summed E-state index contributed by atoms with van der Waals surface area (Å²) in [7, 11) is 0. The summed E-state index contributed by atoms with van der Waals surface area (Å²) in [6.07, 6.45) is 0.531. The average molecular weight is 207 g/mol. The zero-order valence-electron chi connectivity index (χ0n) is 8.84. The lowest BCUT2D eigenvalue weighted by molar-refractivity contribution is 0.0801. The van der Waals surface area contributed by atoms with E-state index in [-0.39, 0.29) is 5.82 Å². The van der Waals surface area contributed by atoms with Crippen molar-refractivity contribution in [2.45, 2.75) is 25.9 Å². The van der Waals surface area contributed by atoms with Crippen LogP contribution in [0, 0.1) is 5.82 Å². The minimum absolute atomic E-state index is 0.251. The Morgan fingerprint density at radius 2 is 2.07 bits per heavy atom. The quantitative estimate of drug-likeness (QED) is 0.780. The van der Waals surface area contributed by atoms with Crippen molar-refractivity contribution in [1.29, 1.82) is 0 Å². The lowest BCUT2D eigenvalue weighted by Gasteiger charge is -2.15. The van der Waals surface area contributed by atoms with Gasteiger partial charge in [0.15, 0.2) is 0 Å². The molecule has 2 N–H and O–H groups in total. The Morgan fingerprint density at radius 3 is 2.73 bits per heavy atom. The first-order valence-corrected chi connectivity index (χ1v) is 4.94. The summed E-state index contributed by atoms with van der Waals surface area (Å²) >= 11 is 0. The van der Waals surface area contributed by atoms with Gasteiger partial charge in [-0.15, -0.1) is 0 Å². The molecule has 0 atom stereocenters. The number of aromatic amines is 1. The molecule has 0 aliphatic carbocycles. The van der Waals surface area contributed by atoms with Gasteiger partial charge in [0.25, 0.3) is 0 Å². The predicted octanol–water partition coefficient (Wildman–Crippen LogP) is 2.62. The lowest BCUT2D eigenvalue weighted by Crippen LogP contribution is -2.21. The maximum atomic E-state index is 12.9. The Balaban J connectivity index is 2.39. The molecular formula is C12H14FNO. The number of hydrogen-bond donors (Lipinski definition) is 2. The first-order chi connectivity index (χ1) is 6.94. The van der Waals surface area contributed by atoms with Gasteiger partial charge in [-0.1, -0.05) is 0 Å². The van der Waals surface area contributed by atoms with E-state index in [2.05, 4.69) is 4.98 Å². The normalized spacial score (nSPS) is 12.3. The maximum absolute atomic E-state index is 12.9. The smallest absolute Gasteiger partial charge is 0.125 e. The summed E-state index contributed by atoms with van der Waals surface area (Å²) in [4.78, 5) is 3.09. The average Bonchev–Trinajstić information content (AvgIpc) is 2.42. The van der Waals surface area contributed by atoms with Crippen LogP contribution in [0.5, 0.6) is 0 Å². The van der Waals surface area contributed by atoms with E-state index in [9.17, 15) is 9.50 Å². The van der Waals surface area contributed by atoms with E-state index in [0.717, 1.165) is 16.6 Å². The number of hydrogen-bond acceptors (Lipinski definition) is 1. The van der Waals surface area contributed by atoms with E-state index in [1.54, 1.807) is 19.9 Å². The van der Waals surface area contributed by atoms with Gasteiger partial charge in [-0.3, -0.25) is 0 Å². The van der Waals surface area contributed by atoms with Crippen LogP contribution < -0.4 is 0 Å². The van der Waals surface area contributed by atoms with E-state index in [1.807, 2.05) is 6.07 Å². The molecule has 0 amide bonds. The zero-order valence-corrected chi connectivity index (χ0v) is 8.84. The fraction of sp³-hybridized carbons (Fsp3) is 0.333. The van der Waals surface area contributed by atoms with Crippen LogP contribution in [0.2, 0.25) is 0 Å². The fourth-order valence-corrected chi connectivity index (χ4v) is 1.72. The molecule has 80 valence electrons. The molecule has 15 heavy (non-hydrogen) atoms. The Hall–Kier alpha value is -1.35. The third-order valence-corrected chi connectivity index (χ3v) is 2.26. The van der Waals surface area contributed by atoms with Crippen LogP contribution in [0.1, 0.15) is 19.5 Å². The Kier molecular flexibility index (Phi) is 2.27. The second kappa shape index (κ2) is 3.35. The van der Waals surface area contributed by atoms with Gasteiger partial charge in [-0.2, -0.15) is 0 Å². The van der Waals surface area contributed by atoms with Gasteiger partial charge in [0.05, 0.1) is 5.60 Å². The summed E-state index contributed by atoms with van der Waals surface area (Å²) in [5, 5.41) is 10.6. The van der Waals surface area contributed by atoms with E-state index >= 15 is 0 Å². The monoisotopic (exact) mass is 207 g/mol. The Labute approximate surface area is 87.7 Å². The van der Waals surface area contributed by atoms with E-state index in [0.29, 0.717) is 6.42 Å². The van der Waals surface area contributed by atoms with E-state index < -0.39 is 5.60 Å². The lowest BCUT2D eigenvalue weighted by atomic mass is 10.0. The molecule has 1 aromatic heterocycles. The van der Waals surface area contributed by atoms with Gasteiger partial charge in [0, 0.05) is 17.6 Å². The molecule has 0 saturated carbocycles. The number of fused-ring (bicyclic) bond motifs is 1. The number of aromatic nitrogens is 1. The second-order valence-electron chi connectivity index (χ2n) is 4.52. The molecule has 2 rings (SSSR count). The van der Waals surface area contributed by atoms with Gasteiger partial charge < -0.3 is 10.1 Å². The highest BCUT2D eigenvalue weighted by molar-refractivity contribution is 5.80. The number of benzene rings is 1. The van der Waals surface area contributed by atoms with Crippen LogP contribution in [0.3, 0.4) is 0 Å². The summed E-state index contributed by atoms with van der Waals surface area (Å²) in [6.45, 7) is 3.50. The van der Waals surface area contributed by atoms with Crippen molar-refractivity contribution >= 4 is 10.9 Å². The minimum Gasteiger partial charge on any atom is -0.390 e. The predicted molar refractivity (Wildman–Crippen MR) is 58.3 cm³/mol. The van der Waals surface area contributed by atoms with Crippen LogP contribution in [-0.4, -0.2) is 15.7 Å². The van der Waals surface area contributed by atoms with E-state index in [1.165, 1.54) is 12.1 Å².